The Morgan fingerprint density at radius 1 is 0.684 bits per heavy atom. The van der Waals surface area contributed by atoms with Crippen LogP contribution in [0.4, 0.5) is 0 Å². The number of hydrogen-bond donors (Lipinski definition) is 7. The molecule has 2 aliphatic carbocycles. The Bertz CT molecular complexity index is 3440. The van der Waals surface area contributed by atoms with Crippen molar-refractivity contribution in [2.75, 3.05) is 37.4 Å². The molecule has 10 heterocycles. The van der Waals surface area contributed by atoms with Crippen molar-refractivity contribution in [3.05, 3.63) is 90.0 Å². The first-order chi connectivity index (χ1) is 36.5. The number of carbonyl (C=O) groups excluding carboxylic acids is 1. The van der Waals surface area contributed by atoms with Crippen LogP contribution in [-0.2, 0) is 24.7 Å². The van der Waals surface area contributed by atoms with Crippen LogP contribution in [0.15, 0.2) is 73.3 Å². The molecule has 1 amide bonds. The number of sulfone groups is 1. The second-order valence-corrected chi connectivity index (χ2v) is 25.2. The lowest BCUT2D eigenvalue weighted by molar-refractivity contribution is -0.132. The van der Waals surface area contributed by atoms with Gasteiger partial charge in [0.1, 0.15) is 34.2 Å². The smallest absolute Gasteiger partial charge is 0.531 e. The SMILES string of the molecule is CCC(=O)N1CC[C@@H](C)C(C2=CB(O)Oc3cnc4[nH]ccc4c32)C1.CCCS(=O)(=O)CC1CC(C2=CB(O)Oc3cnc4[nH]ccc4c32)C1.CNS(=O)(=O)CC1CCC(C2=CB(O)Oc3cnc4[nH]ccc4c32)CC1. The molecular formula is C52H65B3N8O11S2. The number of likely N-dealkylation sites (tertiary alicyclic amines) is 1. The van der Waals surface area contributed by atoms with Gasteiger partial charge >= 0.3 is 21.4 Å². The largest absolute Gasteiger partial charge is 0.552 e. The van der Waals surface area contributed by atoms with E-state index in [1.807, 2.05) is 55.5 Å². The summed E-state index contributed by atoms with van der Waals surface area (Å²) in [6, 6.07) is 5.91. The zero-order chi connectivity index (χ0) is 53.5. The number of amides is 1. The second-order valence-electron chi connectivity index (χ2n) is 21.0. The molecule has 0 aromatic carbocycles. The first-order valence-corrected chi connectivity index (χ1v) is 30.0. The molecule has 6 aliphatic rings. The molecular weight excluding hydrogens is 1010 g/mol. The molecule has 4 aliphatic heterocycles. The van der Waals surface area contributed by atoms with E-state index < -0.39 is 41.2 Å². The summed E-state index contributed by atoms with van der Waals surface area (Å²) < 4.78 is 66.7. The topological polar surface area (TPSA) is 275 Å². The molecule has 1 unspecified atom stereocenters. The maximum absolute atomic E-state index is 12.2. The monoisotopic (exact) mass is 1070 g/mol. The highest BCUT2D eigenvalue weighted by Crippen LogP contribution is 2.49. The Kier molecular flexibility index (Phi) is 15.6. The molecule has 2 saturated carbocycles. The zero-order valence-corrected chi connectivity index (χ0v) is 44.9. The van der Waals surface area contributed by atoms with Crippen LogP contribution in [0.25, 0.3) is 49.8 Å². The third kappa shape index (κ3) is 11.2. The van der Waals surface area contributed by atoms with Crippen molar-refractivity contribution in [3.8, 4) is 17.2 Å². The molecule has 3 fully saturated rings. The third-order valence-electron chi connectivity index (χ3n) is 16.0. The van der Waals surface area contributed by atoms with E-state index in [9.17, 15) is 36.7 Å². The summed E-state index contributed by atoms with van der Waals surface area (Å²) in [7, 11) is -7.61. The standard InChI is InChI=1S/C18H22BN3O3.C17H22BN3O4S.C17H21BN2O4S/c1-3-16(23)22-7-5-11(2)14(10-22)13-8-19(24)25-15-9-21-18-12(17(13)15)4-6-20-18;1-19-26(23,24)10-11-2-4-12(5-3-11)14-8-18(22)25-15-9-21-17-13(16(14)15)6-7-20-17;1-2-5-25(22,23)10-11-6-12(7-11)14-8-18(21)24-15-9-20-17-13(16(14)15)3-4-19-17/h4,6,8-9,11,14,24H,3,5,7,10H2,1-2H3,(H,20,21);6-9,11-12,19,22H,2-5,10H2,1H3,(H,20,21);3-4,8-9,11-12,21H,2,5-7,10H2,1H3,(H,19,20)/t11-,14?;;/m1../s1. The fraction of sp³-hybridized carbons (Fsp3) is 0.462. The highest BCUT2D eigenvalue weighted by molar-refractivity contribution is 7.91. The number of fused-ring (bicyclic) bond motifs is 9. The van der Waals surface area contributed by atoms with Crippen molar-refractivity contribution >= 4 is 96.9 Å². The molecule has 6 aromatic heterocycles. The third-order valence-corrected chi connectivity index (χ3v) is 19.5. The number of nitrogens with one attached hydrogen (secondary N) is 4. The van der Waals surface area contributed by atoms with Crippen LogP contribution in [0.3, 0.4) is 0 Å². The van der Waals surface area contributed by atoms with Crippen LogP contribution >= 0.6 is 0 Å². The number of piperidine rings is 1. The number of H-pyrrole nitrogens is 3. The summed E-state index contributed by atoms with van der Waals surface area (Å²) in [4.78, 5) is 36.5. The van der Waals surface area contributed by atoms with Gasteiger partial charge in [-0.2, -0.15) is 0 Å². The van der Waals surface area contributed by atoms with Crippen molar-refractivity contribution in [2.45, 2.75) is 78.6 Å². The number of rotatable bonds is 11. The molecule has 7 N–H and O–H groups in total. The molecule has 6 aromatic rings. The van der Waals surface area contributed by atoms with E-state index in [1.165, 1.54) is 7.05 Å². The van der Waals surface area contributed by atoms with E-state index in [1.54, 1.807) is 36.5 Å². The molecule has 0 radical (unpaired) electrons. The van der Waals surface area contributed by atoms with Gasteiger partial charge in [-0.3, -0.25) is 4.79 Å². The number of nitrogens with zero attached hydrogens (tertiary/aromatic N) is 4. The van der Waals surface area contributed by atoms with Gasteiger partial charge in [0, 0.05) is 82.6 Å². The normalized spacial score (nSPS) is 23.2. The number of pyridine rings is 3. The zero-order valence-electron chi connectivity index (χ0n) is 43.2. The second kappa shape index (κ2) is 22.2. The van der Waals surface area contributed by atoms with Crippen LogP contribution in [0.1, 0.15) is 95.2 Å². The Labute approximate surface area is 443 Å². The van der Waals surface area contributed by atoms with Gasteiger partial charge in [0.25, 0.3) is 0 Å². The van der Waals surface area contributed by atoms with Crippen LogP contribution in [0.5, 0.6) is 17.2 Å². The van der Waals surface area contributed by atoms with Crippen molar-refractivity contribution in [1.82, 2.24) is 39.5 Å². The first-order valence-electron chi connectivity index (χ1n) is 26.5. The van der Waals surface area contributed by atoms with E-state index in [-0.39, 0.29) is 52.8 Å². The molecule has 24 heteroatoms. The molecule has 0 spiro atoms. The van der Waals surface area contributed by atoms with Crippen LogP contribution in [0, 0.1) is 35.5 Å². The van der Waals surface area contributed by atoms with Crippen molar-refractivity contribution in [2.24, 2.45) is 35.5 Å². The minimum Gasteiger partial charge on any atom is -0.531 e. The highest BCUT2D eigenvalue weighted by Gasteiger charge is 2.40. The summed E-state index contributed by atoms with van der Waals surface area (Å²) in [5.41, 5.74) is 8.51. The quantitative estimate of drug-likeness (QED) is 0.0715. The number of hydrogen-bond acceptors (Lipinski definition) is 14. The average molecular weight is 1070 g/mol. The molecule has 12 rings (SSSR count). The van der Waals surface area contributed by atoms with Crippen LogP contribution in [-0.4, -0.2) is 131 Å². The Balaban J connectivity index is 0.000000130. The molecule has 76 heavy (non-hydrogen) atoms. The maximum Gasteiger partial charge on any atom is 0.552 e. The fourth-order valence-electron chi connectivity index (χ4n) is 12.2. The fourth-order valence-corrected chi connectivity index (χ4v) is 15.1. The molecule has 0 bridgehead atoms. The van der Waals surface area contributed by atoms with Gasteiger partial charge in [-0.15, -0.1) is 0 Å². The Morgan fingerprint density at radius 2 is 1.16 bits per heavy atom. The van der Waals surface area contributed by atoms with Crippen molar-refractivity contribution < 1.29 is 50.7 Å². The van der Waals surface area contributed by atoms with E-state index in [4.69, 9.17) is 14.0 Å². The molecule has 400 valence electrons. The number of carbonyl (C=O) groups is 1. The van der Waals surface area contributed by atoms with Gasteiger partial charge in [0.2, 0.25) is 15.9 Å². The van der Waals surface area contributed by atoms with Gasteiger partial charge in [0.05, 0.1) is 30.1 Å². The van der Waals surface area contributed by atoms with Gasteiger partial charge in [-0.25, -0.2) is 36.5 Å². The summed E-state index contributed by atoms with van der Waals surface area (Å²) in [5, 5.41) is 33.2. The maximum atomic E-state index is 12.2. The molecule has 19 nitrogen and oxygen atoms in total. The number of sulfonamides is 1. The lowest BCUT2D eigenvalue weighted by atomic mass is 9.66. The van der Waals surface area contributed by atoms with Crippen molar-refractivity contribution in [1.29, 1.82) is 0 Å². The molecule has 2 atom stereocenters. The summed E-state index contributed by atoms with van der Waals surface area (Å²) >= 11 is 0. The van der Waals surface area contributed by atoms with Gasteiger partial charge in [-0.05, 0) is 141 Å². The van der Waals surface area contributed by atoms with Crippen LogP contribution < -0.4 is 18.7 Å². The van der Waals surface area contributed by atoms with Gasteiger partial charge in [-0.1, -0.05) is 20.8 Å². The predicted octanol–water partition coefficient (Wildman–Crippen LogP) is 6.18. The number of aromatic amines is 3. The van der Waals surface area contributed by atoms with E-state index in [0.29, 0.717) is 42.6 Å². The minimum atomic E-state index is -3.18. The van der Waals surface area contributed by atoms with E-state index in [0.717, 1.165) is 118 Å². The predicted molar refractivity (Wildman–Crippen MR) is 296 cm³/mol. The Morgan fingerprint density at radius 3 is 1.63 bits per heavy atom. The minimum absolute atomic E-state index is 0.169. The summed E-state index contributed by atoms with van der Waals surface area (Å²) in [6.45, 7) is 7.50. The lowest BCUT2D eigenvalue weighted by Crippen LogP contribution is -2.44. The lowest BCUT2D eigenvalue weighted by Gasteiger charge is -2.39. The molecule has 1 saturated heterocycles. The summed E-state index contributed by atoms with van der Waals surface area (Å²) in [5.74, 6) is 9.51. The number of aromatic nitrogens is 6. The Hall–Kier alpha value is -5.91. The van der Waals surface area contributed by atoms with Crippen LogP contribution in [0.2, 0.25) is 0 Å². The highest BCUT2D eigenvalue weighted by atomic mass is 32.2. The first kappa shape index (κ1) is 53.5. The van der Waals surface area contributed by atoms with E-state index in [2.05, 4.69) is 41.5 Å². The van der Waals surface area contributed by atoms with Gasteiger partial charge in [0.15, 0.2) is 9.84 Å². The average Bonchev–Trinajstić information content (AvgIpc) is 4.25. The van der Waals surface area contributed by atoms with Gasteiger partial charge < -0.3 is 48.9 Å². The number of allylic oxidation sites excluding steroid dienone is 2. The summed E-state index contributed by atoms with van der Waals surface area (Å²) in [6.07, 6.45) is 17.8. The van der Waals surface area contributed by atoms with Crippen molar-refractivity contribution in [3.63, 3.8) is 0 Å². The van der Waals surface area contributed by atoms with E-state index >= 15 is 0 Å².